The maximum Gasteiger partial charge on any atom is 0.328 e. The smallest absolute Gasteiger partial charge is 0.328 e. The van der Waals surface area contributed by atoms with Gasteiger partial charge in [0.1, 0.15) is 17.2 Å². The van der Waals surface area contributed by atoms with Crippen molar-refractivity contribution in [3.8, 4) is 0 Å². The molecule has 0 saturated carbocycles. The maximum atomic E-state index is 13.6. The van der Waals surface area contributed by atoms with Crippen LogP contribution in [0.2, 0.25) is 0 Å². The molecule has 1 rings (SSSR count). The topological polar surface area (TPSA) is 75.3 Å². The number of nitrogens with one attached hydrogen (secondary N) is 1. The molecular weight excluding hydrogens is 230 g/mol. The van der Waals surface area contributed by atoms with Crippen molar-refractivity contribution < 1.29 is 18.7 Å². The molecule has 0 radical (unpaired) electrons. The van der Waals surface area contributed by atoms with Gasteiger partial charge >= 0.3 is 5.97 Å². The molecule has 17 heavy (non-hydrogen) atoms. The molecule has 0 aliphatic rings. The summed E-state index contributed by atoms with van der Waals surface area (Å²) >= 11 is 0. The summed E-state index contributed by atoms with van der Waals surface area (Å²) in [7, 11) is 0. The van der Waals surface area contributed by atoms with Crippen LogP contribution in [-0.4, -0.2) is 24.2 Å². The predicted octanol–water partition coefficient (Wildman–Crippen LogP) is 0.813. The minimum atomic E-state index is -1.63. The second kappa shape index (κ2) is 5.20. The minimum absolute atomic E-state index is 0.125. The summed E-state index contributed by atoms with van der Waals surface area (Å²) in [6.07, 6.45) is 0. The Labute approximate surface area is 97.4 Å². The van der Waals surface area contributed by atoms with Crippen LogP contribution in [-0.2, 0) is 10.3 Å². The van der Waals surface area contributed by atoms with Gasteiger partial charge in [0.05, 0.1) is 0 Å². The first-order valence-electron chi connectivity index (χ1n) is 5.06. The Morgan fingerprint density at radius 1 is 1.53 bits per heavy atom. The van der Waals surface area contributed by atoms with Crippen molar-refractivity contribution in [1.29, 1.82) is 0 Å². The van der Waals surface area contributed by atoms with Crippen LogP contribution in [0.5, 0.6) is 0 Å². The molecule has 1 aromatic rings. The van der Waals surface area contributed by atoms with Gasteiger partial charge in [-0.15, -0.1) is 0 Å². The quantitative estimate of drug-likeness (QED) is 0.716. The van der Waals surface area contributed by atoms with E-state index in [1.54, 1.807) is 0 Å². The summed E-state index contributed by atoms with van der Waals surface area (Å²) in [4.78, 5) is 11.2. The van der Waals surface area contributed by atoms with Crippen molar-refractivity contribution in [3.63, 3.8) is 0 Å². The number of carboxylic acids is 1. The lowest BCUT2D eigenvalue weighted by molar-refractivity contribution is -0.144. The number of halogens is 2. The van der Waals surface area contributed by atoms with E-state index in [0.29, 0.717) is 6.07 Å². The highest BCUT2D eigenvalue weighted by Gasteiger charge is 2.36. The molecule has 0 heterocycles. The molecule has 1 unspecified atom stereocenters. The van der Waals surface area contributed by atoms with Crippen molar-refractivity contribution in [1.82, 2.24) is 5.32 Å². The summed E-state index contributed by atoms with van der Waals surface area (Å²) < 4.78 is 26.3. The van der Waals surface area contributed by atoms with Gasteiger partial charge in [-0.1, -0.05) is 6.07 Å². The van der Waals surface area contributed by atoms with Gasteiger partial charge in [-0.3, -0.25) is 5.32 Å². The van der Waals surface area contributed by atoms with Crippen molar-refractivity contribution in [2.75, 3.05) is 13.1 Å². The van der Waals surface area contributed by atoms with E-state index in [4.69, 9.17) is 10.8 Å². The highest BCUT2D eigenvalue weighted by atomic mass is 19.1. The number of hydrogen-bond donors (Lipinski definition) is 3. The number of nitrogens with two attached hydrogens (primary N) is 1. The van der Waals surface area contributed by atoms with Gasteiger partial charge in [-0.2, -0.15) is 0 Å². The van der Waals surface area contributed by atoms with Gasteiger partial charge in [0, 0.05) is 24.7 Å². The first-order chi connectivity index (χ1) is 7.91. The predicted molar refractivity (Wildman–Crippen MR) is 58.4 cm³/mol. The number of rotatable bonds is 5. The standard InChI is InChI=1S/C11H14F2N2O2/c1-11(10(16)17,15-5-4-14)8-3-2-7(12)6-9(8)13/h2-3,6,15H,4-5,14H2,1H3,(H,16,17). The zero-order valence-corrected chi connectivity index (χ0v) is 9.34. The lowest BCUT2D eigenvalue weighted by Gasteiger charge is -2.27. The zero-order chi connectivity index (χ0) is 13.1. The maximum absolute atomic E-state index is 13.6. The summed E-state index contributed by atoms with van der Waals surface area (Å²) in [5, 5.41) is 11.8. The zero-order valence-electron chi connectivity index (χ0n) is 9.34. The summed E-state index contributed by atoms with van der Waals surface area (Å²) in [5.41, 5.74) is 3.51. The fourth-order valence-corrected chi connectivity index (χ4v) is 1.50. The molecule has 0 aromatic heterocycles. The number of benzene rings is 1. The van der Waals surface area contributed by atoms with Crippen LogP contribution in [0.25, 0.3) is 0 Å². The Morgan fingerprint density at radius 3 is 2.65 bits per heavy atom. The van der Waals surface area contributed by atoms with Crippen LogP contribution >= 0.6 is 0 Å². The Morgan fingerprint density at radius 2 is 2.18 bits per heavy atom. The van der Waals surface area contributed by atoms with Crippen LogP contribution in [0, 0.1) is 11.6 Å². The largest absolute Gasteiger partial charge is 0.480 e. The highest BCUT2D eigenvalue weighted by Crippen LogP contribution is 2.24. The van der Waals surface area contributed by atoms with Gasteiger partial charge < -0.3 is 10.8 Å². The molecule has 0 spiro atoms. The van der Waals surface area contributed by atoms with E-state index in [1.165, 1.54) is 6.92 Å². The van der Waals surface area contributed by atoms with Crippen LogP contribution < -0.4 is 11.1 Å². The lowest BCUT2D eigenvalue weighted by Crippen LogP contribution is -2.49. The summed E-state index contributed by atoms with van der Waals surface area (Å²) in [6, 6.07) is 2.78. The minimum Gasteiger partial charge on any atom is -0.480 e. The molecule has 1 aromatic carbocycles. The molecule has 0 bridgehead atoms. The SMILES string of the molecule is CC(NCCN)(C(=O)O)c1ccc(F)cc1F. The molecule has 0 fully saturated rings. The Kier molecular flexibility index (Phi) is 4.14. The van der Waals surface area contributed by atoms with E-state index >= 15 is 0 Å². The average molecular weight is 244 g/mol. The van der Waals surface area contributed by atoms with Crippen molar-refractivity contribution in [2.24, 2.45) is 5.73 Å². The third-order valence-corrected chi connectivity index (χ3v) is 2.52. The summed E-state index contributed by atoms with van der Waals surface area (Å²) in [5.74, 6) is -2.91. The van der Waals surface area contributed by atoms with E-state index in [0.717, 1.165) is 12.1 Å². The van der Waals surface area contributed by atoms with Crippen LogP contribution in [0.4, 0.5) is 8.78 Å². The van der Waals surface area contributed by atoms with Crippen molar-refractivity contribution >= 4 is 5.97 Å². The van der Waals surface area contributed by atoms with Crippen molar-refractivity contribution in [3.05, 3.63) is 35.4 Å². The van der Waals surface area contributed by atoms with Gasteiger partial charge in [-0.05, 0) is 13.0 Å². The highest BCUT2D eigenvalue weighted by molar-refractivity contribution is 5.80. The second-order valence-corrected chi connectivity index (χ2v) is 3.77. The molecule has 0 aliphatic heterocycles. The fourth-order valence-electron chi connectivity index (χ4n) is 1.50. The fraction of sp³-hybridized carbons (Fsp3) is 0.364. The number of carbonyl (C=O) groups is 1. The second-order valence-electron chi connectivity index (χ2n) is 3.77. The molecule has 0 amide bonds. The molecular formula is C11H14F2N2O2. The molecule has 4 nitrogen and oxygen atoms in total. The van der Waals surface area contributed by atoms with Gasteiger partial charge in [-0.25, -0.2) is 13.6 Å². The average Bonchev–Trinajstić information content (AvgIpc) is 2.25. The Hall–Kier alpha value is -1.53. The van der Waals surface area contributed by atoms with E-state index in [1.807, 2.05) is 0 Å². The van der Waals surface area contributed by atoms with Crippen LogP contribution in [0.1, 0.15) is 12.5 Å². The van der Waals surface area contributed by atoms with E-state index in [2.05, 4.69) is 5.32 Å². The number of hydrogen-bond acceptors (Lipinski definition) is 3. The molecule has 1 atom stereocenters. The molecule has 0 aliphatic carbocycles. The molecule has 4 N–H and O–H groups in total. The first kappa shape index (κ1) is 13.5. The normalized spacial score (nSPS) is 14.4. The monoisotopic (exact) mass is 244 g/mol. The molecule has 0 saturated heterocycles. The van der Waals surface area contributed by atoms with Gasteiger partial charge in [0.2, 0.25) is 0 Å². The Bertz CT molecular complexity index is 426. The van der Waals surface area contributed by atoms with Gasteiger partial charge in [0.25, 0.3) is 0 Å². The van der Waals surface area contributed by atoms with E-state index in [-0.39, 0.29) is 18.7 Å². The van der Waals surface area contributed by atoms with Crippen molar-refractivity contribution in [2.45, 2.75) is 12.5 Å². The van der Waals surface area contributed by atoms with Gasteiger partial charge in [0.15, 0.2) is 0 Å². The number of aliphatic carboxylic acids is 1. The molecule has 6 heteroatoms. The first-order valence-corrected chi connectivity index (χ1v) is 5.06. The Balaban J connectivity index is 3.17. The van der Waals surface area contributed by atoms with E-state index < -0.39 is 23.1 Å². The number of carboxylic acid groups (broad SMARTS) is 1. The third kappa shape index (κ3) is 2.78. The molecule has 94 valence electrons. The summed E-state index contributed by atoms with van der Waals surface area (Å²) in [6.45, 7) is 1.73. The lowest BCUT2D eigenvalue weighted by atomic mass is 9.91. The third-order valence-electron chi connectivity index (χ3n) is 2.52. The van der Waals surface area contributed by atoms with E-state index in [9.17, 15) is 13.6 Å². The van der Waals surface area contributed by atoms with Crippen LogP contribution in [0.3, 0.4) is 0 Å². The van der Waals surface area contributed by atoms with Crippen LogP contribution in [0.15, 0.2) is 18.2 Å².